The van der Waals surface area contributed by atoms with Crippen molar-refractivity contribution in [3.8, 4) is 0 Å². The van der Waals surface area contributed by atoms with Crippen LogP contribution in [0.25, 0.3) is 0 Å². The first kappa shape index (κ1) is 13.9. The second-order valence-corrected chi connectivity index (χ2v) is 5.78. The monoisotopic (exact) mass is 288 g/mol. The summed E-state index contributed by atoms with van der Waals surface area (Å²) < 4.78 is 0.743. The lowest BCUT2D eigenvalue weighted by molar-refractivity contribution is 1.15. The number of rotatable bonds is 4. The zero-order valence-corrected chi connectivity index (χ0v) is 12.4. The molecule has 0 atom stereocenters. The van der Waals surface area contributed by atoms with Gasteiger partial charge in [-0.15, -0.1) is 0 Å². The Bertz CT molecular complexity index is 541. The summed E-state index contributed by atoms with van der Waals surface area (Å²) in [5.41, 5.74) is 9.69. The molecular formula is C15H16N2S2. The van der Waals surface area contributed by atoms with Crippen LogP contribution in [0.4, 0.5) is 5.69 Å². The maximum Gasteiger partial charge on any atom is 0.152 e. The Morgan fingerprint density at radius 3 is 2.47 bits per heavy atom. The van der Waals surface area contributed by atoms with Gasteiger partial charge in [-0.25, -0.2) is 0 Å². The average Bonchev–Trinajstić information content (AvgIpc) is 2.45. The summed E-state index contributed by atoms with van der Waals surface area (Å²) in [6, 6.07) is 18.4. The maximum atomic E-state index is 5.28. The fourth-order valence-corrected chi connectivity index (χ4v) is 2.43. The first-order chi connectivity index (χ1) is 9.25. The molecule has 0 saturated heterocycles. The van der Waals surface area contributed by atoms with Crippen molar-refractivity contribution < 1.29 is 0 Å². The normalized spacial score (nSPS) is 9.95. The minimum Gasteiger partial charge on any atom is -0.300 e. The molecule has 0 heterocycles. The largest absolute Gasteiger partial charge is 0.300 e. The number of hydrogen-bond acceptors (Lipinski definition) is 3. The highest BCUT2D eigenvalue weighted by atomic mass is 32.2. The maximum absolute atomic E-state index is 5.28. The molecule has 0 spiro atoms. The second-order valence-electron chi connectivity index (χ2n) is 4.13. The van der Waals surface area contributed by atoms with Gasteiger partial charge in [0.2, 0.25) is 0 Å². The molecule has 0 aliphatic heterocycles. The third-order valence-corrected chi connectivity index (χ3v) is 3.95. The average molecular weight is 288 g/mol. The molecule has 0 radical (unpaired) electrons. The summed E-state index contributed by atoms with van der Waals surface area (Å²) >= 11 is 6.90. The molecule has 2 rings (SSSR count). The van der Waals surface area contributed by atoms with Gasteiger partial charge < -0.3 is 0 Å². The molecule has 0 amide bonds. The van der Waals surface area contributed by atoms with Gasteiger partial charge in [0.25, 0.3) is 0 Å². The van der Waals surface area contributed by atoms with Crippen molar-refractivity contribution in [2.75, 3.05) is 5.43 Å². The van der Waals surface area contributed by atoms with Crippen LogP contribution in [0.2, 0.25) is 0 Å². The summed E-state index contributed by atoms with van der Waals surface area (Å²) in [7, 11) is 0. The van der Waals surface area contributed by atoms with E-state index in [0.717, 1.165) is 15.8 Å². The van der Waals surface area contributed by atoms with Gasteiger partial charge in [0.1, 0.15) is 0 Å². The second kappa shape index (κ2) is 7.16. The molecule has 0 aromatic heterocycles. The van der Waals surface area contributed by atoms with Gasteiger partial charge in [0.15, 0.2) is 4.32 Å². The third-order valence-electron chi connectivity index (χ3n) is 2.66. The van der Waals surface area contributed by atoms with Crippen molar-refractivity contribution >= 4 is 34.0 Å². The molecule has 0 fully saturated rings. The predicted molar refractivity (Wildman–Crippen MR) is 88.3 cm³/mol. The Balaban J connectivity index is 1.78. The number of para-hydroxylation sites is 1. The van der Waals surface area contributed by atoms with E-state index in [9.17, 15) is 0 Å². The predicted octanol–water partition coefficient (Wildman–Crippen LogP) is 4.13. The number of hydrazine groups is 1. The van der Waals surface area contributed by atoms with Crippen molar-refractivity contribution in [3.63, 3.8) is 0 Å². The quantitative estimate of drug-likeness (QED) is 0.652. The van der Waals surface area contributed by atoms with Crippen LogP contribution in [-0.4, -0.2) is 4.32 Å². The molecule has 0 bridgehead atoms. The van der Waals surface area contributed by atoms with Gasteiger partial charge in [0, 0.05) is 5.75 Å². The highest BCUT2D eigenvalue weighted by Crippen LogP contribution is 2.14. The summed E-state index contributed by atoms with van der Waals surface area (Å²) in [4.78, 5) is 0. The topological polar surface area (TPSA) is 24.1 Å². The van der Waals surface area contributed by atoms with Crippen LogP contribution in [0.15, 0.2) is 54.6 Å². The number of aryl methyl sites for hydroxylation is 1. The Labute approximate surface area is 123 Å². The lowest BCUT2D eigenvalue weighted by Crippen LogP contribution is -2.25. The van der Waals surface area contributed by atoms with E-state index in [1.807, 2.05) is 36.4 Å². The van der Waals surface area contributed by atoms with Crippen molar-refractivity contribution in [1.82, 2.24) is 5.43 Å². The Hall–Kier alpha value is -1.52. The van der Waals surface area contributed by atoms with E-state index < -0.39 is 0 Å². The molecule has 98 valence electrons. The van der Waals surface area contributed by atoms with Crippen molar-refractivity contribution in [1.29, 1.82) is 0 Å². The van der Waals surface area contributed by atoms with E-state index in [1.54, 1.807) is 11.8 Å². The zero-order chi connectivity index (χ0) is 13.5. The van der Waals surface area contributed by atoms with Crippen molar-refractivity contribution in [3.05, 3.63) is 65.7 Å². The fourth-order valence-electron chi connectivity index (χ4n) is 1.59. The van der Waals surface area contributed by atoms with E-state index in [-0.39, 0.29) is 0 Å². The van der Waals surface area contributed by atoms with Crippen LogP contribution < -0.4 is 10.9 Å². The van der Waals surface area contributed by atoms with Crippen molar-refractivity contribution in [2.24, 2.45) is 0 Å². The molecule has 19 heavy (non-hydrogen) atoms. The van der Waals surface area contributed by atoms with Gasteiger partial charge in [-0.3, -0.25) is 10.9 Å². The number of thiocarbonyl (C=S) groups is 1. The summed E-state index contributed by atoms with van der Waals surface area (Å²) in [6.07, 6.45) is 0. The van der Waals surface area contributed by atoms with Gasteiger partial charge in [-0.2, -0.15) is 0 Å². The SMILES string of the molecule is Cc1ccccc1NNC(=S)SCc1ccccc1. The Kier molecular flexibility index (Phi) is 5.24. The van der Waals surface area contributed by atoms with Gasteiger partial charge in [-0.1, -0.05) is 72.5 Å². The minimum atomic E-state index is 0.743. The van der Waals surface area contributed by atoms with Crippen LogP contribution in [0.3, 0.4) is 0 Å². The third kappa shape index (κ3) is 4.58. The van der Waals surface area contributed by atoms with E-state index >= 15 is 0 Å². The molecule has 0 unspecified atom stereocenters. The van der Waals surface area contributed by atoms with Crippen LogP contribution in [0.5, 0.6) is 0 Å². The number of thioether (sulfide) groups is 1. The van der Waals surface area contributed by atoms with E-state index in [1.165, 1.54) is 11.1 Å². The van der Waals surface area contributed by atoms with E-state index in [0.29, 0.717) is 0 Å². The number of hydrogen-bond donors (Lipinski definition) is 2. The van der Waals surface area contributed by atoms with Crippen LogP contribution >= 0.6 is 24.0 Å². The Morgan fingerprint density at radius 1 is 1.05 bits per heavy atom. The number of benzene rings is 2. The standard InChI is InChI=1S/C15H16N2S2/c1-12-7-5-6-10-14(12)16-17-15(18)19-11-13-8-3-2-4-9-13/h2-10,16H,11H2,1H3,(H,17,18). The smallest absolute Gasteiger partial charge is 0.152 e. The van der Waals surface area contributed by atoms with E-state index in [2.05, 4.69) is 36.0 Å². The Morgan fingerprint density at radius 2 is 1.74 bits per heavy atom. The first-order valence-corrected chi connectivity index (χ1v) is 7.43. The molecule has 0 saturated carbocycles. The zero-order valence-electron chi connectivity index (χ0n) is 10.7. The lowest BCUT2D eigenvalue weighted by atomic mass is 10.2. The summed E-state index contributed by atoms with van der Waals surface area (Å²) in [5, 5.41) is 0. The highest BCUT2D eigenvalue weighted by Gasteiger charge is 2.00. The van der Waals surface area contributed by atoms with Gasteiger partial charge in [-0.05, 0) is 24.1 Å². The molecule has 2 aromatic carbocycles. The van der Waals surface area contributed by atoms with Crippen molar-refractivity contribution in [2.45, 2.75) is 12.7 Å². The fraction of sp³-hybridized carbons (Fsp3) is 0.133. The highest BCUT2D eigenvalue weighted by molar-refractivity contribution is 8.22. The molecule has 2 nitrogen and oxygen atoms in total. The molecule has 2 N–H and O–H groups in total. The van der Waals surface area contributed by atoms with E-state index in [4.69, 9.17) is 12.2 Å². The first-order valence-electron chi connectivity index (χ1n) is 6.04. The molecule has 0 aliphatic rings. The molecule has 4 heteroatoms. The van der Waals surface area contributed by atoms with Crippen LogP contribution in [0, 0.1) is 6.92 Å². The van der Waals surface area contributed by atoms with Crippen LogP contribution in [-0.2, 0) is 5.75 Å². The molecular weight excluding hydrogens is 272 g/mol. The molecule has 2 aromatic rings. The summed E-state index contributed by atoms with van der Waals surface area (Å²) in [5.74, 6) is 0.877. The van der Waals surface area contributed by atoms with Crippen LogP contribution in [0.1, 0.15) is 11.1 Å². The number of nitrogens with one attached hydrogen (secondary N) is 2. The molecule has 0 aliphatic carbocycles. The van der Waals surface area contributed by atoms with Gasteiger partial charge in [0.05, 0.1) is 5.69 Å². The minimum absolute atomic E-state index is 0.743. The van der Waals surface area contributed by atoms with Gasteiger partial charge >= 0.3 is 0 Å². The lowest BCUT2D eigenvalue weighted by Gasteiger charge is -2.12. The summed E-state index contributed by atoms with van der Waals surface area (Å²) in [6.45, 7) is 2.06. The number of anilines is 1.